The first-order valence-electron chi connectivity index (χ1n) is 8.39. The van der Waals surface area contributed by atoms with Gasteiger partial charge >= 0.3 is 6.18 Å². The van der Waals surface area contributed by atoms with Crippen molar-refractivity contribution in [3.8, 4) is 5.69 Å². The number of benzene rings is 2. The number of carbonyl (C=O) groups excluding carboxylic acids is 1. The molecule has 2 heterocycles. The summed E-state index contributed by atoms with van der Waals surface area (Å²) in [5, 5.41) is 7.12. The van der Waals surface area contributed by atoms with Crippen LogP contribution in [0.3, 0.4) is 0 Å². The lowest BCUT2D eigenvalue weighted by molar-refractivity contribution is -0.137. The number of halogens is 4. The highest BCUT2D eigenvalue weighted by Gasteiger charge is 2.30. The van der Waals surface area contributed by atoms with E-state index in [0.29, 0.717) is 16.6 Å². The number of fused-ring (bicyclic) bond motifs is 1. The molecule has 0 saturated heterocycles. The molecular weight excluding hydrogens is 388 g/mol. The van der Waals surface area contributed by atoms with E-state index in [2.05, 4.69) is 15.4 Å². The van der Waals surface area contributed by atoms with E-state index in [-0.39, 0.29) is 11.3 Å². The maximum absolute atomic E-state index is 13.2. The highest BCUT2D eigenvalue weighted by molar-refractivity contribution is 6.12. The molecule has 0 aliphatic rings. The fourth-order valence-electron chi connectivity index (χ4n) is 2.88. The van der Waals surface area contributed by atoms with E-state index in [1.54, 1.807) is 0 Å². The zero-order valence-corrected chi connectivity index (χ0v) is 14.6. The van der Waals surface area contributed by atoms with Crippen molar-refractivity contribution in [2.75, 3.05) is 5.32 Å². The van der Waals surface area contributed by atoms with Gasteiger partial charge in [0, 0.05) is 17.3 Å². The van der Waals surface area contributed by atoms with Crippen LogP contribution in [0.5, 0.6) is 0 Å². The monoisotopic (exact) mass is 400 g/mol. The predicted octanol–water partition coefficient (Wildman–Crippen LogP) is 4.83. The second-order valence-electron chi connectivity index (χ2n) is 6.19. The van der Waals surface area contributed by atoms with Gasteiger partial charge in [-0.1, -0.05) is 6.07 Å². The van der Waals surface area contributed by atoms with E-state index in [1.165, 1.54) is 59.7 Å². The molecule has 5 nitrogen and oxygen atoms in total. The SMILES string of the molecule is O=C(Nc1cccc(C(F)(F)F)c1)c1cncc2c1cnn2-c1ccc(F)cc1. The predicted molar refractivity (Wildman–Crippen MR) is 98.2 cm³/mol. The molecule has 0 aliphatic carbocycles. The van der Waals surface area contributed by atoms with Crippen LogP contribution < -0.4 is 5.32 Å². The molecule has 0 bridgehead atoms. The first-order valence-corrected chi connectivity index (χ1v) is 8.39. The minimum absolute atomic E-state index is 0.00718. The summed E-state index contributed by atoms with van der Waals surface area (Å²) >= 11 is 0. The summed E-state index contributed by atoms with van der Waals surface area (Å²) in [6.45, 7) is 0. The zero-order chi connectivity index (χ0) is 20.6. The van der Waals surface area contributed by atoms with Crippen molar-refractivity contribution in [1.82, 2.24) is 14.8 Å². The first kappa shape index (κ1) is 18.6. The van der Waals surface area contributed by atoms with Crippen molar-refractivity contribution in [1.29, 1.82) is 0 Å². The summed E-state index contributed by atoms with van der Waals surface area (Å²) in [7, 11) is 0. The van der Waals surface area contributed by atoms with Crippen LogP contribution in [0.25, 0.3) is 16.6 Å². The molecule has 2 aromatic heterocycles. The fraction of sp³-hybridized carbons (Fsp3) is 0.0500. The van der Waals surface area contributed by atoms with Gasteiger partial charge in [-0.25, -0.2) is 9.07 Å². The van der Waals surface area contributed by atoms with Crippen LogP contribution in [-0.2, 0) is 6.18 Å². The summed E-state index contributed by atoms with van der Waals surface area (Å²) < 4.78 is 53.2. The molecule has 9 heteroatoms. The summed E-state index contributed by atoms with van der Waals surface area (Å²) in [4.78, 5) is 16.7. The second kappa shape index (κ2) is 7.01. The fourth-order valence-corrected chi connectivity index (χ4v) is 2.88. The minimum Gasteiger partial charge on any atom is -0.322 e. The number of nitrogens with zero attached hydrogens (tertiary/aromatic N) is 3. The number of amides is 1. The lowest BCUT2D eigenvalue weighted by Gasteiger charge is -2.10. The molecule has 0 radical (unpaired) electrons. The molecule has 146 valence electrons. The Hall–Kier alpha value is -3.75. The molecular formula is C20H12F4N4O. The summed E-state index contributed by atoms with van der Waals surface area (Å²) in [5.74, 6) is -1.02. The van der Waals surface area contributed by atoms with Gasteiger partial charge in [-0.15, -0.1) is 0 Å². The van der Waals surface area contributed by atoms with Crippen LogP contribution in [0.1, 0.15) is 15.9 Å². The van der Waals surface area contributed by atoms with Crippen molar-refractivity contribution in [3.05, 3.63) is 84.1 Å². The van der Waals surface area contributed by atoms with Gasteiger partial charge in [0.2, 0.25) is 0 Å². The van der Waals surface area contributed by atoms with Crippen molar-refractivity contribution in [2.24, 2.45) is 0 Å². The van der Waals surface area contributed by atoms with Crippen molar-refractivity contribution in [3.63, 3.8) is 0 Å². The standard InChI is InChI=1S/C20H12F4N4O/c21-13-4-6-15(7-5-13)28-18-11-25-9-17(16(18)10-26-28)19(29)27-14-3-1-2-12(8-14)20(22,23)24/h1-11H,(H,27,29). The molecule has 0 spiro atoms. The number of nitrogens with one attached hydrogen (secondary N) is 1. The molecule has 0 aliphatic heterocycles. The summed E-state index contributed by atoms with van der Waals surface area (Å²) in [6.07, 6.45) is -0.269. The molecule has 29 heavy (non-hydrogen) atoms. The van der Waals surface area contributed by atoms with Gasteiger partial charge < -0.3 is 5.32 Å². The topological polar surface area (TPSA) is 59.8 Å². The average molecular weight is 400 g/mol. The minimum atomic E-state index is -4.52. The van der Waals surface area contributed by atoms with E-state index < -0.39 is 23.5 Å². The summed E-state index contributed by atoms with van der Waals surface area (Å²) in [5.41, 5.74) is 0.351. The number of hydrogen-bond acceptors (Lipinski definition) is 3. The normalized spacial score (nSPS) is 11.6. The highest BCUT2D eigenvalue weighted by Crippen LogP contribution is 2.31. The largest absolute Gasteiger partial charge is 0.416 e. The lowest BCUT2D eigenvalue weighted by Crippen LogP contribution is -2.14. The second-order valence-corrected chi connectivity index (χ2v) is 6.19. The van der Waals surface area contributed by atoms with E-state index in [0.717, 1.165) is 12.1 Å². The van der Waals surface area contributed by atoms with E-state index in [4.69, 9.17) is 0 Å². The molecule has 4 aromatic rings. The summed E-state index contributed by atoms with van der Waals surface area (Å²) in [6, 6.07) is 9.96. The van der Waals surface area contributed by atoms with E-state index in [1.807, 2.05) is 0 Å². The maximum atomic E-state index is 13.2. The Bertz CT molecular complexity index is 1200. The number of anilines is 1. The van der Waals surface area contributed by atoms with Gasteiger partial charge in [-0.3, -0.25) is 9.78 Å². The van der Waals surface area contributed by atoms with Crippen molar-refractivity contribution >= 4 is 22.5 Å². The quantitative estimate of drug-likeness (QED) is 0.501. The third-order valence-electron chi connectivity index (χ3n) is 4.26. The molecule has 0 unspecified atom stereocenters. The Morgan fingerprint density at radius 3 is 2.48 bits per heavy atom. The molecule has 0 atom stereocenters. The van der Waals surface area contributed by atoms with Gasteiger partial charge in [0.05, 0.1) is 34.7 Å². The molecule has 1 N–H and O–H groups in total. The smallest absolute Gasteiger partial charge is 0.322 e. The Balaban J connectivity index is 1.68. The average Bonchev–Trinajstić information content (AvgIpc) is 3.12. The number of aromatic nitrogens is 3. The maximum Gasteiger partial charge on any atom is 0.416 e. The van der Waals surface area contributed by atoms with Gasteiger partial charge in [0.25, 0.3) is 5.91 Å². The highest BCUT2D eigenvalue weighted by atomic mass is 19.4. The Morgan fingerprint density at radius 1 is 1.00 bits per heavy atom. The van der Waals surface area contributed by atoms with Crippen LogP contribution in [0.15, 0.2) is 67.1 Å². The Kier molecular flexibility index (Phi) is 4.50. The Labute approximate surface area is 161 Å². The number of rotatable bonds is 3. The van der Waals surface area contributed by atoms with Crippen LogP contribution in [0.4, 0.5) is 23.2 Å². The number of alkyl halides is 3. The molecule has 1 amide bonds. The van der Waals surface area contributed by atoms with Gasteiger partial charge in [-0.05, 0) is 42.5 Å². The van der Waals surface area contributed by atoms with Crippen LogP contribution >= 0.6 is 0 Å². The Morgan fingerprint density at radius 2 is 1.76 bits per heavy atom. The van der Waals surface area contributed by atoms with Crippen LogP contribution in [-0.4, -0.2) is 20.7 Å². The third kappa shape index (κ3) is 3.66. The van der Waals surface area contributed by atoms with Gasteiger partial charge in [-0.2, -0.15) is 18.3 Å². The number of carbonyl (C=O) groups is 1. The van der Waals surface area contributed by atoms with E-state index in [9.17, 15) is 22.4 Å². The number of pyridine rings is 1. The molecule has 2 aromatic carbocycles. The van der Waals surface area contributed by atoms with Gasteiger partial charge in [0.1, 0.15) is 5.82 Å². The molecule has 0 fully saturated rings. The lowest BCUT2D eigenvalue weighted by atomic mass is 10.1. The van der Waals surface area contributed by atoms with Gasteiger partial charge in [0.15, 0.2) is 0 Å². The van der Waals surface area contributed by atoms with E-state index >= 15 is 0 Å². The zero-order valence-electron chi connectivity index (χ0n) is 14.6. The number of hydrogen-bond donors (Lipinski definition) is 1. The first-order chi connectivity index (χ1) is 13.8. The third-order valence-corrected chi connectivity index (χ3v) is 4.26. The van der Waals surface area contributed by atoms with Crippen molar-refractivity contribution < 1.29 is 22.4 Å². The molecule has 0 saturated carbocycles. The van der Waals surface area contributed by atoms with Crippen LogP contribution in [0.2, 0.25) is 0 Å². The molecule has 4 rings (SSSR count). The van der Waals surface area contributed by atoms with Crippen LogP contribution in [0, 0.1) is 5.82 Å². The van der Waals surface area contributed by atoms with Crippen molar-refractivity contribution in [2.45, 2.75) is 6.18 Å².